The van der Waals surface area contributed by atoms with Crippen molar-refractivity contribution in [2.75, 3.05) is 11.5 Å². The van der Waals surface area contributed by atoms with Gasteiger partial charge >= 0.3 is 17.5 Å². The molecule has 256 valence electrons. The number of thiazole rings is 1. The zero-order chi connectivity index (χ0) is 35.7. The number of phenolic OH excluding ortho intramolecular Hbond substituents is 2. The fraction of sp³-hybridized carbons (Fsp3) is 0.156. The molecule has 4 heterocycles. The lowest BCUT2D eigenvalue weighted by molar-refractivity contribution is -0.661. The fourth-order valence-electron chi connectivity index (χ4n) is 5.57. The summed E-state index contributed by atoms with van der Waals surface area (Å²) in [5, 5.41) is 47.5. The lowest BCUT2D eigenvalue weighted by atomic mass is 9.90. The number of thioether (sulfide) groups is 1. The van der Waals surface area contributed by atoms with Crippen molar-refractivity contribution in [3.05, 3.63) is 99.8 Å². The van der Waals surface area contributed by atoms with E-state index in [9.17, 15) is 39.6 Å². The van der Waals surface area contributed by atoms with E-state index >= 15 is 0 Å². The number of halogens is 1. The summed E-state index contributed by atoms with van der Waals surface area (Å²) in [6.07, 6.45) is 5.98. The third-order valence-corrected chi connectivity index (χ3v) is 10.2. The summed E-state index contributed by atoms with van der Waals surface area (Å²) >= 11 is 8.36. The molecule has 4 aromatic rings. The standard InChI is InChI=1S/C32H25ClN6O9S2/c33-19-12-22(41)21(40)11-18(19)32(30(46)47,23-15-50-31(34)36-23)48-35-13-24(42)37-25-27(43)39-26(29(44)45)17(14-49-28(25)39)7-4-10-38-9-3-6-16-5-1-2-8-20(16)38/h1-9,11-13,15,25,28H,10,14H2,(H6-,34,35,36,37,40,41,42,44,45,46,47)/p+1. The smallest absolute Gasteiger partial charge is 0.362 e. The van der Waals surface area contributed by atoms with Crippen molar-refractivity contribution in [2.24, 2.45) is 5.16 Å². The van der Waals surface area contributed by atoms with Crippen LogP contribution >= 0.6 is 34.7 Å². The third-order valence-electron chi connectivity index (χ3n) is 7.89. The second-order valence-electron chi connectivity index (χ2n) is 10.9. The number of amides is 2. The number of rotatable bonds is 11. The molecule has 2 amide bonds. The number of phenols is 2. The SMILES string of the molecule is Nc1nc(C(ON=CC(=O)NC2C(=O)N3C(C(=O)O)=C(C=CC[n+]4cccc5ccccc54)CSC23)(C(=O)O)c2cc(O)c(O)cc2Cl)cs1. The van der Waals surface area contributed by atoms with Crippen molar-refractivity contribution in [3.8, 4) is 11.5 Å². The summed E-state index contributed by atoms with van der Waals surface area (Å²) in [5.74, 6) is -5.74. The Labute approximate surface area is 295 Å². The number of β-lactam (4-membered cyclic amide) rings is 1. The molecule has 0 spiro atoms. The Bertz CT molecular complexity index is 2150. The average molecular weight is 738 g/mol. The number of nitrogen functional groups attached to an aromatic ring is 1. The number of carbonyl (C=O) groups excluding carboxylic acids is 2. The third kappa shape index (κ3) is 6.17. The van der Waals surface area contributed by atoms with Crippen molar-refractivity contribution in [2.45, 2.75) is 23.6 Å². The zero-order valence-corrected chi connectivity index (χ0v) is 27.9. The van der Waals surface area contributed by atoms with Gasteiger partial charge in [0, 0.05) is 40.3 Å². The number of hydrogen-bond acceptors (Lipinski definition) is 12. The predicted octanol–water partition coefficient (Wildman–Crippen LogP) is 2.56. The van der Waals surface area contributed by atoms with Crippen LogP contribution in [0.15, 0.2) is 88.7 Å². The number of allylic oxidation sites excluding steroid dienone is 2. The quantitative estimate of drug-likeness (QED) is 0.0429. The van der Waals surface area contributed by atoms with Crippen LogP contribution in [0.25, 0.3) is 10.9 Å². The van der Waals surface area contributed by atoms with Crippen molar-refractivity contribution in [1.82, 2.24) is 15.2 Å². The lowest BCUT2D eigenvalue weighted by Crippen LogP contribution is -2.70. The van der Waals surface area contributed by atoms with Crippen LogP contribution in [-0.4, -0.2) is 77.4 Å². The molecular formula is C32H26ClN6O9S2+. The summed E-state index contributed by atoms with van der Waals surface area (Å²) < 4.78 is 2.01. The van der Waals surface area contributed by atoms with E-state index < -0.39 is 52.3 Å². The Hall–Kier alpha value is -5.65. The molecule has 0 saturated carbocycles. The molecule has 0 aliphatic carbocycles. The molecule has 0 bridgehead atoms. The van der Waals surface area contributed by atoms with Crippen LogP contribution in [0.4, 0.5) is 5.13 Å². The zero-order valence-electron chi connectivity index (χ0n) is 25.5. The minimum absolute atomic E-state index is 0.0368. The van der Waals surface area contributed by atoms with Crippen molar-refractivity contribution >= 4 is 80.7 Å². The van der Waals surface area contributed by atoms with Gasteiger partial charge in [-0.3, -0.25) is 14.5 Å². The molecule has 18 heteroatoms. The molecule has 3 atom stereocenters. The molecule has 2 aliphatic rings. The molecule has 15 nitrogen and oxygen atoms in total. The van der Waals surface area contributed by atoms with Gasteiger partial charge in [-0.2, -0.15) is 4.57 Å². The van der Waals surface area contributed by atoms with Crippen molar-refractivity contribution in [1.29, 1.82) is 0 Å². The first kappa shape index (κ1) is 34.2. The second kappa shape index (κ2) is 13.7. The van der Waals surface area contributed by atoms with Gasteiger partial charge in [-0.1, -0.05) is 35.0 Å². The summed E-state index contributed by atoms with van der Waals surface area (Å²) in [6, 6.07) is 12.4. The number of nitrogens with zero attached hydrogens (tertiary/aromatic N) is 4. The topological polar surface area (TPSA) is 229 Å². The molecule has 0 radical (unpaired) electrons. The minimum Gasteiger partial charge on any atom is -0.504 e. The Morgan fingerprint density at radius 2 is 1.92 bits per heavy atom. The maximum atomic E-state index is 13.2. The first-order valence-electron chi connectivity index (χ1n) is 14.6. The monoisotopic (exact) mass is 737 g/mol. The van der Waals surface area contributed by atoms with Gasteiger partial charge in [-0.05, 0) is 29.8 Å². The highest BCUT2D eigenvalue weighted by atomic mass is 35.5. The molecule has 1 saturated heterocycles. The number of nitrogens with two attached hydrogens (primary N) is 1. The van der Waals surface area contributed by atoms with Gasteiger partial charge in [-0.15, -0.1) is 23.1 Å². The lowest BCUT2D eigenvalue weighted by Gasteiger charge is -2.49. The number of para-hydroxylation sites is 1. The summed E-state index contributed by atoms with van der Waals surface area (Å²) in [7, 11) is 0. The molecule has 2 aromatic carbocycles. The van der Waals surface area contributed by atoms with Gasteiger partial charge in [0.2, 0.25) is 5.52 Å². The molecule has 3 unspecified atom stereocenters. The first-order chi connectivity index (χ1) is 23.9. The van der Waals surface area contributed by atoms with Gasteiger partial charge < -0.3 is 36.3 Å². The van der Waals surface area contributed by atoms with Gasteiger partial charge in [0.15, 0.2) is 29.4 Å². The highest BCUT2D eigenvalue weighted by Gasteiger charge is 2.54. The maximum Gasteiger partial charge on any atom is 0.362 e. The number of aliphatic carboxylic acids is 2. The molecule has 50 heavy (non-hydrogen) atoms. The Kier molecular flexibility index (Phi) is 9.37. The summed E-state index contributed by atoms with van der Waals surface area (Å²) in [6.45, 7) is 0.457. The van der Waals surface area contributed by atoms with E-state index in [0.717, 1.165) is 39.3 Å². The number of aromatic hydroxyl groups is 2. The second-order valence-corrected chi connectivity index (χ2v) is 13.3. The van der Waals surface area contributed by atoms with Gasteiger partial charge in [0.25, 0.3) is 11.8 Å². The van der Waals surface area contributed by atoms with E-state index in [4.69, 9.17) is 22.2 Å². The number of carbonyl (C=O) groups is 4. The van der Waals surface area contributed by atoms with E-state index in [2.05, 4.69) is 15.5 Å². The van der Waals surface area contributed by atoms with E-state index in [0.29, 0.717) is 18.3 Å². The summed E-state index contributed by atoms with van der Waals surface area (Å²) in [4.78, 5) is 61.5. The van der Waals surface area contributed by atoms with Crippen LogP contribution in [0.1, 0.15) is 11.3 Å². The molecule has 7 N–H and O–H groups in total. The largest absolute Gasteiger partial charge is 0.504 e. The number of fused-ring (bicyclic) bond motifs is 2. The van der Waals surface area contributed by atoms with Crippen LogP contribution in [0.3, 0.4) is 0 Å². The number of nitrogens with one attached hydrogen (secondary N) is 1. The normalized spacial score (nSPS) is 18.6. The minimum atomic E-state index is -2.63. The highest BCUT2D eigenvalue weighted by Crippen LogP contribution is 2.44. The van der Waals surface area contributed by atoms with Crippen LogP contribution < -0.4 is 15.6 Å². The predicted molar refractivity (Wildman–Crippen MR) is 182 cm³/mol. The fourth-order valence-corrected chi connectivity index (χ4v) is 7.78. The van der Waals surface area contributed by atoms with Gasteiger partial charge in [0.05, 0.1) is 5.02 Å². The first-order valence-corrected chi connectivity index (χ1v) is 16.9. The molecule has 2 aromatic heterocycles. The Morgan fingerprint density at radius 1 is 1.18 bits per heavy atom. The molecular weight excluding hydrogens is 712 g/mol. The summed E-state index contributed by atoms with van der Waals surface area (Å²) in [5.41, 5.74) is 3.64. The number of anilines is 1. The number of aromatic nitrogens is 2. The molecule has 2 aliphatic heterocycles. The van der Waals surface area contributed by atoms with Gasteiger partial charge in [-0.25, -0.2) is 14.6 Å². The Balaban J connectivity index is 1.17. The number of benzene rings is 2. The van der Waals surface area contributed by atoms with Crippen LogP contribution in [0.5, 0.6) is 11.5 Å². The number of hydrogen-bond donors (Lipinski definition) is 6. The highest BCUT2D eigenvalue weighted by molar-refractivity contribution is 8.00. The van der Waals surface area contributed by atoms with Crippen LogP contribution in [0.2, 0.25) is 5.02 Å². The van der Waals surface area contributed by atoms with E-state index in [1.165, 1.54) is 17.1 Å². The Morgan fingerprint density at radius 3 is 2.64 bits per heavy atom. The number of pyridine rings is 1. The van der Waals surface area contributed by atoms with E-state index in [1.54, 1.807) is 6.08 Å². The number of carboxylic acids is 2. The molecule has 6 rings (SSSR count). The molecule has 1 fully saturated rings. The van der Waals surface area contributed by atoms with Crippen molar-refractivity contribution in [3.63, 3.8) is 0 Å². The van der Waals surface area contributed by atoms with E-state index in [-0.39, 0.29) is 32.9 Å². The van der Waals surface area contributed by atoms with Crippen molar-refractivity contribution < 1.29 is 49.0 Å². The number of carboxylic acid groups (broad SMARTS) is 2. The van der Waals surface area contributed by atoms with E-state index in [1.807, 2.05) is 53.2 Å². The number of oxime groups is 1. The maximum absolute atomic E-state index is 13.2. The van der Waals surface area contributed by atoms with Gasteiger partial charge in [0.1, 0.15) is 29.0 Å². The average Bonchev–Trinajstić information content (AvgIpc) is 3.53. The van der Waals surface area contributed by atoms with Crippen LogP contribution in [-0.2, 0) is 36.2 Å². The van der Waals surface area contributed by atoms with Crippen LogP contribution in [0, 0.1) is 0 Å².